The first-order valence-electron chi connectivity index (χ1n) is 9.11. The standard InChI is InChI=1S/C20H21BrF2NO5P/c1-4-18(25)28-19(12(2)3)29-30(26,27)20(22,23)16-10-15-9-13(7-8-24)5-6-14(15)11-17(16)21/h5-6,9-12,19H,4,7H2,1-3H3,(H,26,27)/t19-/m1/s1. The zero-order valence-corrected chi connectivity index (χ0v) is 19.0. The molecule has 10 heteroatoms. The van der Waals surface area contributed by atoms with Gasteiger partial charge in [0.05, 0.1) is 12.5 Å². The van der Waals surface area contributed by atoms with Crippen LogP contribution in [-0.4, -0.2) is 17.2 Å². The Hall–Kier alpha value is -1.85. The van der Waals surface area contributed by atoms with Crippen LogP contribution in [0.1, 0.15) is 38.3 Å². The molecule has 0 heterocycles. The van der Waals surface area contributed by atoms with E-state index in [0.717, 1.165) is 6.07 Å². The predicted octanol–water partition coefficient (Wildman–Crippen LogP) is 5.85. The highest BCUT2D eigenvalue weighted by atomic mass is 79.9. The fourth-order valence-corrected chi connectivity index (χ4v) is 4.56. The van der Waals surface area contributed by atoms with Crippen molar-refractivity contribution in [3.05, 3.63) is 45.9 Å². The summed E-state index contributed by atoms with van der Waals surface area (Å²) < 4.78 is 52.5. The Kier molecular flexibility index (Phi) is 7.75. The minimum atomic E-state index is -5.62. The molecule has 0 bridgehead atoms. The molecule has 6 nitrogen and oxygen atoms in total. The molecule has 30 heavy (non-hydrogen) atoms. The van der Waals surface area contributed by atoms with E-state index in [4.69, 9.17) is 14.5 Å². The van der Waals surface area contributed by atoms with Gasteiger partial charge >= 0.3 is 19.2 Å². The van der Waals surface area contributed by atoms with Gasteiger partial charge in [0.25, 0.3) is 0 Å². The van der Waals surface area contributed by atoms with Gasteiger partial charge in [-0.25, -0.2) is 0 Å². The Morgan fingerprint density at radius 1 is 1.30 bits per heavy atom. The number of nitrogens with zero attached hydrogens (tertiary/aromatic N) is 1. The maximum atomic E-state index is 15.2. The van der Waals surface area contributed by atoms with Crippen LogP contribution >= 0.6 is 23.5 Å². The number of benzene rings is 2. The van der Waals surface area contributed by atoms with E-state index in [0.29, 0.717) is 16.3 Å². The Morgan fingerprint density at radius 3 is 2.53 bits per heavy atom. The number of rotatable bonds is 8. The van der Waals surface area contributed by atoms with Crippen LogP contribution in [0.5, 0.6) is 0 Å². The number of esters is 1. The fourth-order valence-electron chi connectivity index (χ4n) is 2.60. The summed E-state index contributed by atoms with van der Waals surface area (Å²) in [7, 11) is -5.62. The second kappa shape index (κ2) is 9.52. The first kappa shape index (κ1) is 24.4. The smallest absolute Gasteiger partial charge is 0.405 e. The zero-order chi connectivity index (χ0) is 22.7. The third-order valence-electron chi connectivity index (χ3n) is 4.28. The zero-order valence-electron chi connectivity index (χ0n) is 16.6. The molecule has 1 N–H and O–H groups in total. The molecule has 0 aliphatic rings. The highest BCUT2D eigenvalue weighted by molar-refractivity contribution is 9.10. The van der Waals surface area contributed by atoms with Gasteiger partial charge in [-0.2, -0.15) is 14.0 Å². The van der Waals surface area contributed by atoms with Crippen LogP contribution in [0, 0.1) is 17.2 Å². The molecule has 0 fully saturated rings. The second-order valence-corrected chi connectivity index (χ2v) is 9.64. The monoisotopic (exact) mass is 503 g/mol. The molecule has 162 valence electrons. The topological polar surface area (TPSA) is 96.6 Å². The SMILES string of the molecule is CCC(=O)O[C@H](OP(=O)(O)C(F)(F)c1cc2cc(CC#N)ccc2cc1Br)C(C)C. The molecule has 0 spiro atoms. The Bertz CT molecular complexity index is 1040. The Morgan fingerprint density at radius 2 is 1.97 bits per heavy atom. The summed E-state index contributed by atoms with van der Waals surface area (Å²) >= 11 is 3.04. The Labute approximate surface area is 181 Å². The average molecular weight is 504 g/mol. The number of carbonyl (C=O) groups is 1. The van der Waals surface area contributed by atoms with E-state index in [9.17, 15) is 14.3 Å². The van der Waals surface area contributed by atoms with Gasteiger partial charge in [-0.1, -0.05) is 54.9 Å². The van der Waals surface area contributed by atoms with E-state index in [1.165, 1.54) is 26.8 Å². The van der Waals surface area contributed by atoms with Crippen molar-refractivity contribution in [2.45, 2.75) is 45.6 Å². The Balaban J connectivity index is 2.47. The van der Waals surface area contributed by atoms with Crippen LogP contribution in [0.4, 0.5) is 8.78 Å². The van der Waals surface area contributed by atoms with Crippen molar-refractivity contribution in [1.82, 2.24) is 0 Å². The lowest BCUT2D eigenvalue weighted by atomic mass is 10.0. The van der Waals surface area contributed by atoms with Crippen LogP contribution in [0.3, 0.4) is 0 Å². The van der Waals surface area contributed by atoms with Crippen molar-refractivity contribution in [2.24, 2.45) is 5.92 Å². The molecule has 2 rings (SSSR count). The summed E-state index contributed by atoms with van der Waals surface area (Å²) in [6.45, 7) is 4.52. The van der Waals surface area contributed by atoms with E-state index in [1.54, 1.807) is 18.2 Å². The molecule has 2 aromatic carbocycles. The molecule has 0 radical (unpaired) electrons. The molecule has 0 aromatic heterocycles. The van der Waals surface area contributed by atoms with Crippen LogP contribution in [-0.2, 0) is 30.7 Å². The van der Waals surface area contributed by atoms with Crippen LogP contribution < -0.4 is 0 Å². The first-order valence-corrected chi connectivity index (χ1v) is 11.5. The highest BCUT2D eigenvalue weighted by Gasteiger charge is 2.55. The summed E-state index contributed by atoms with van der Waals surface area (Å²) in [5.41, 5.74) is -4.42. The molecule has 0 saturated carbocycles. The maximum Gasteiger partial charge on any atom is 0.405 e. The lowest BCUT2D eigenvalue weighted by Gasteiger charge is -2.28. The van der Waals surface area contributed by atoms with Gasteiger partial charge in [0, 0.05) is 22.4 Å². The molecule has 2 atom stereocenters. The summed E-state index contributed by atoms with van der Waals surface area (Å²) in [6.07, 6.45) is -1.56. The predicted molar refractivity (Wildman–Crippen MR) is 111 cm³/mol. The number of ether oxygens (including phenoxy) is 1. The number of nitriles is 1. The number of hydrogen-bond acceptors (Lipinski definition) is 5. The quantitative estimate of drug-likeness (QED) is 0.275. The fraction of sp³-hybridized carbons (Fsp3) is 0.400. The lowest BCUT2D eigenvalue weighted by Crippen LogP contribution is -2.28. The van der Waals surface area contributed by atoms with Crippen molar-refractivity contribution in [1.29, 1.82) is 5.26 Å². The molecular formula is C20H21BrF2NO5P. The first-order chi connectivity index (χ1) is 13.9. The van der Waals surface area contributed by atoms with Gasteiger partial charge in [-0.15, -0.1) is 0 Å². The van der Waals surface area contributed by atoms with Crippen LogP contribution in [0.25, 0.3) is 10.8 Å². The number of alkyl halides is 2. The van der Waals surface area contributed by atoms with Crippen molar-refractivity contribution in [3.63, 3.8) is 0 Å². The number of halogens is 3. The summed E-state index contributed by atoms with van der Waals surface area (Å²) in [5.74, 6) is -1.38. The number of fused-ring (bicyclic) bond motifs is 1. The largest absolute Gasteiger partial charge is 0.435 e. The van der Waals surface area contributed by atoms with Gasteiger partial charge in [-0.05, 0) is 28.5 Å². The van der Waals surface area contributed by atoms with E-state index >= 15 is 8.78 Å². The van der Waals surface area contributed by atoms with Crippen LogP contribution in [0.15, 0.2) is 34.8 Å². The molecule has 1 unspecified atom stereocenters. The van der Waals surface area contributed by atoms with Crippen molar-refractivity contribution < 1.29 is 32.3 Å². The van der Waals surface area contributed by atoms with E-state index in [1.807, 2.05) is 6.07 Å². The van der Waals surface area contributed by atoms with E-state index in [2.05, 4.69) is 15.9 Å². The van der Waals surface area contributed by atoms with Crippen LogP contribution in [0.2, 0.25) is 0 Å². The minimum Gasteiger partial charge on any atom is -0.435 e. The maximum absolute atomic E-state index is 15.2. The van der Waals surface area contributed by atoms with Crippen molar-refractivity contribution >= 4 is 40.3 Å². The molecule has 0 aliphatic heterocycles. The number of carbonyl (C=O) groups excluding carboxylic acids is 1. The average Bonchev–Trinajstić information content (AvgIpc) is 2.66. The van der Waals surface area contributed by atoms with Crippen molar-refractivity contribution in [2.75, 3.05) is 0 Å². The van der Waals surface area contributed by atoms with Gasteiger partial charge in [-0.3, -0.25) is 13.9 Å². The highest BCUT2D eigenvalue weighted by Crippen LogP contribution is 2.65. The minimum absolute atomic E-state index is 0.0417. The third-order valence-corrected chi connectivity index (χ3v) is 6.38. The van der Waals surface area contributed by atoms with Gasteiger partial charge in [0.1, 0.15) is 0 Å². The van der Waals surface area contributed by atoms with E-state index in [-0.39, 0.29) is 17.3 Å². The molecular weight excluding hydrogens is 483 g/mol. The summed E-state index contributed by atoms with van der Waals surface area (Å²) in [6, 6.07) is 9.38. The molecule has 0 saturated heterocycles. The lowest BCUT2D eigenvalue weighted by molar-refractivity contribution is -0.172. The van der Waals surface area contributed by atoms with E-state index < -0.39 is 37.0 Å². The summed E-state index contributed by atoms with van der Waals surface area (Å²) in [5, 5.41) is 9.81. The normalized spacial score (nSPS) is 14.9. The van der Waals surface area contributed by atoms with Gasteiger partial charge < -0.3 is 9.63 Å². The van der Waals surface area contributed by atoms with Crippen molar-refractivity contribution in [3.8, 4) is 6.07 Å². The van der Waals surface area contributed by atoms with Gasteiger partial charge in [0.2, 0.25) is 6.29 Å². The molecule has 0 aliphatic carbocycles. The third kappa shape index (κ3) is 5.25. The molecule has 0 amide bonds. The van der Waals surface area contributed by atoms with Gasteiger partial charge in [0.15, 0.2) is 0 Å². The summed E-state index contributed by atoms with van der Waals surface area (Å²) in [4.78, 5) is 21.7. The number of hydrogen-bond donors (Lipinski definition) is 1. The second-order valence-electron chi connectivity index (χ2n) is 6.97. The molecule has 2 aromatic rings.